The lowest BCUT2D eigenvalue weighted by Crippen LogP contribution is -2.71. The molecule has 7 N–H and O–H groups in total. The summed E-state index contributed by atoms with van der Waals surface area (Å²) in [6, 6.07) is 1.73. The summed E-state index contributed by atoms with van der Waals surface area (Å²) < 4.78 is 8.56. The number of amides is 2. The molecule has 1 saturated heterocycles. The number of hydrogen-bond acceptors (Lipinski definition) is 14. The number of carbonyl (C=O) groups excluding carboxylic acids is 2. The molecule has 0 radical (unpaired) electrons. The SMILES string of the molecule is NCCSCc1nsnc1SC1=C(C(=O)O)N2C(=O)[C@@H](NC(=O)/C(=N\O)c3nc(N)ccc3Cl)[C@H]2SC1. The predicted octanol–water partition coefficient (Wildman–Crippen LogP) is 1.03. The smallest absolute Gasteiger partial charge is 0.353 e. The number of nitrogens with zero attached hydrogens (tertiary/aromatic N) is 5. The number of anilines is 1. The lowest BCUT2D eigenvalue weighted by atomic mass is 10.0. The van der Waals surface area contributed by atoms with Crippen molar-refractivity contribution in [3.05, 3.63) is 39.1 Å². The van der Waals surface area contributed by atoms with E-state index >= 15 is 0 Å². The van der Waals surface area contributed by atoms with Gasteiger partial charge in [0.2, 0.25) is 0 Å². The predicted molar refractivity (Wildman–Crippen MR) is 143 cm³/mol. The van der Waals surface area contributed by atoms with Crippen molar-refractivity contribution < 1.29 is 24.7 Å². The summed E-state index contributed by atoms with van der Waals surface area (Å²) in [4.78, 5) is 43.5. The van der Waals surface area contributed by atoms with Crippen LogP contribution in [0.2, 0.25) is 5.02 Å². The Morgan fingerprint density at radius 3 is 2.84 bits per heavy atom. The minimum atomic E-state index is -1.28. The maximum Gasteiger partial charge on any atom is 0.353 e. The van der Waals surface area contributed by atoms with Crippen molar-refractivity contribution in [3.8, 4) is 0 Å². The fourth-order valence-electron chi connectivity index (χ4n) is 3.44. The van der Waals surface area contributed by atoms with Crippen LogP contribution in [0.5, 0.6) is 0 Å². The minimum Gasteiger partial charge on any atom is -0.477 e. The molecule has 2 aromatic rings. The van der Waals surface area contributed by atoms with Gasteiger partial charge in [-0.3, -0.25) is 14.5 Å². The Morgan fingerprint density at radius 2 is 2.14 bits per heavy atom. The third kappa shape index (κ3) is 5.65. The lowest BCUT2D eigenvalue weighted by molar-refractivity contribution is -0.150. The van der Waals surface area contributed by atoms with E-state index < -0.39 is 34.9 Å². The summed E-state index contributed by atoms with van der Waals surface area (Å²) in [5.41, 5.74) is 11.0. The number of hydrogen-bond donors (Lipinski definition) is 5. The fraction of sp³-hybridized carbons (Fsp3) is 0.316. The largest absolute Gasteiger partial charge is 0.477 e. The molecule has 1 fully saturated rings. The molecule has 0 saturated carbocycles. The van der Waals surface area contributed by atoms with Gasteiger partial charge in [0.25, 0.3) is 11.8 Å². The number of nitrogens with one attached hydrogen (secondary N) is 1. The molecule has 37 heavy (non-hydrogen) atoms. The number of carboxylic acid groups (broad SMARTS) is 1. The van der Waals surface area contributed by atoms with Gasteiger partial charge >= 0.3 is 5.97 Å². The van der Waals surface area contributed by atoms with Crippen molar-refractivity contribution in [2.75, 3.05) is 23.8 Å². The van der Waals surface area contributed by atoms with Crippen LogP contribution in [-0.2, 0) is 20.1 Å². The number of aromatic nitrogens is 3. The van der Waals surface area contributed by atoms with Crippen molar-refractivity contribution in [3.63, 3.8) is 0 Å². The minimum absolute atomic E-state index is 0.0147. The van der Waals surface area contributed by atoms with Gasteiger partial charge < -0.3 is 27.1 Å². The number of rotatable bonds is 10. The van der Waals surface area contributed by atoms with Crippen molar-refractivity contribution in [1.29, 1.82) is 0 Å². The molecule has 0 spiro atoms. The molecular formula is C19H19ClN8O5S4. The first kappa shape index (κ1) is 27.5. The molecule has 2 aliphatic heterocycles. The number of nitrogen functional groups attached to an aromatic ring is 1. The van der Waals surface area contributed by atoms with E-state index in [0.717, 1.165) is 39.8 Å². The van der Waals surface area contributed by atoms with Crippen LogP contribution < -0.4 is 16.8 Å². The number of carbonyl (C=O) groups is 3. The molecule has 0 bridgehead atoms. The third-order valence-corrected chi connectivity index (χ3v) is 9.63. The third-order valence-electron chi connectivity index (χ3n) is 5.07. The number of fused-ring (bicyclic) bond motifs is 1. The Kier molecular flexibility index (Phi) is 8.81. The van der Waals surface area contributed by atoms with Crippen LogP contribution in [0.1, 0.15) is 11.4 Å². The topological polar surface area (TPSA) is 210 Å². The summed E-state index contributed by atoms with van der Waals surface area (Å²) in [5, 5.41) is 24.7. The monoisotopic (exact) mass is 602 g/mol. The summed E-state index contributed by atoms with van der Waals surface area (Å²) in [6.07, 6.45) is 0. The van der Waals surface area contributed by atoms with Gasteiger partial charge in [-0.25, -0.2) is 9.78 Å². The molecule has 0 unspecified atom stereocenters. The van der Waals surface area contributed by atoms with Crippen LogP contribution in [0.15, 0.2) is 32.9 Å². The molecule has 0 aromatic carbocycles. The molecule has 0 aliphatic carbocycles. The molecule has 13 nitrogen and oxygen atoms in total. The summed E-state index contributed by atoms with van der Waals surface area (Å²) in [7, 11) is 0. The average Bonchev–Trinajstić information content (AvgIpc) is 3.31. The van der Waals surface area contributed by atoms with Gasteiger partial charge in [0.05, 0.1) is 22.4 Å². The first-order chi connectivity index (χ1) is 17.8. The fourth-order valence-corrected chi connectivity index (χ4v) is 7.67. The summed E-state index contributed by atoms with van der Waals surface area (Å²) in [6.45, 7) is 0.528. The van der Waals surface area contributed by atoms with Gasteiger partial charge in [-0.15, -0.1) is 11.8 Å². The van der Waals surface area contributed by atoms with Crippen molar-refractivity contribution in [2.45, 2.75) is 22.2 Å². The quantitative estimate of drug-likeness (QED) is 0.0846. The van der Waals surface area contributed by atoms with Gasteiger partial charge in [0.15, 0.2) is 5.71 Å². The van der Waals surface area contributed by atoms with Gasteiger partial charge in [-0.1, -0.05) is 28.5 Å². The summed E-state index contributed by atoms with van der Waals surface area (Å²) in [5.74, 6) is -1.18. The highest BCUT2D eigenvalue weighted by Gasteiger charge is 2.54. The summed E-state index contributed by atoms with van der Waals surface area (Å²) >= 11 is 11.1. The Balaban J connectivity index is 1.51. The second-order valence-corrected chi connectivity index (χ2v) is 11.6. The zero-order valence-corrected chi connectivity index (χ0v) is 22.7. The van der Waals surface area contributed by atoms with Gasteiger partial charge in [0, 0.05) is 28.7 Å². The molecule has 2 aromatic heterocycles. The number of nitrogens with two attached hydrogens (primary N) is 2. The van der Waals surface area contributed by atoms with Crippen molar-refractivity contribution >= 4 is 87.9 Å². The van der Waals surface area contributed by atoms with Crippen LogP contribution in [0, 0.1) is 0 Å². The number of thioether (sulfide) groups is 3. The van der Waals surface area contributed by atoms with E-state index in [4.69, 9.17) is 23.1 Å². The maximum absolute atomic E-state index is 13.0. The van der Waals surface area contributed by atoms with Crippen LogP contribution in [-0.4, -0.2) is 81.9 Å². The van der Waals surface area contributed by atoms with E-state index in [-0.39, 0.29) is 28.0 Å². The Bertz CT molecular complexity index is 1310. The van der Waals surface area contributed by atoms with E-state index in [9.17, 15) is 24.7 Å². The lowest BCUT2D eigenvalue weighted by Gasteiger charge is -2.49. The van der Waals surface area contributed by atoms with Crippen LogP contribution in [0.3, 0.4) is 0 Å². The number of carboxylic acids is 1. The maximum atomic E-state index is 13.0. The highest BCUT2D eigenvalue weighted by molar-refractivity contribution is 8.06. The van der Waals surface area contributed by atoms with Crippen LogP contribution in [0.25, 0.3) is 0 Å². The number of pyridine rings is 1. The number of β-lactam (4-membered cyclic amide) rings is 1. The molecule has 18 heteroatoms. The number of oxime groups is 1. The average molecular weight is 603 g/mol. The second-order valence-electron chi connectivity index (χ2n) is 7.41. The standard InChI is InChI=1S/C19H19ClN8O5S4/c20-7-1-2-10(22)23-11(7)12(25-33)15(29)24-13-17(30)28-14(19(31)32)9(6-35-18(13)28)36-16-8(26-37-27-16)5-34-4-3-21/h1-2,13,18,33H,3-6,21H2,(H2,22,23)(H,24,29)(H,31,32)/b25-12-/t13-,18-/m1/s1. The van der Waals surface area contributed by atoms with Crippen molar-refractivity contribution in [2.24, 2.45) is 10.9 Å². The van der Waals surface area contributed by atoms with Crippen molar-refractivity contribution in [1.82, 2.24) is 23.9 Å². The highest BCUT2D eigenvalue weighted by atomic mass is 35.5. The van der Waals surface area contributed by atoms with Gasteiger partial charge in [0.1, 0.15) is 33.7 Å². The van der Waals surface area contributed by atoms with Gasteiger partial charge in [-0.05, 0) is 12.1 Å². The number of halogens is 1. The van der Waals surface area contributed by atoms with Gasteiger partial charge in [-0.2, -0.15) is 20.5 Å². The molecule has 196 valence electrons. The molecule has 2 atom stereocenters. The molecule has 4 rings (SSSR count). The van der Waals surface area contributed by atoms with E-state index in [2.05, 4.69) is 24.2 Å². The first-order valence-corrected chi connectivity index (χ1v) is 14.5. The Labute approximate surface area is 231 Å². The van der Waals surface area contributed by atoms with E-state index in [1.165, 1.54) is 23.9 Å². The molecule has 4 heterocycles. The van der Waals surface area contributed by atoms with E-state index in [1.54, 1.807) is 11.8 Å². The zero-order valence-electron chi connectivity index (χ0n) is 18.7. The first-order valence-electron chi connectivity index (χ1n) is 10.4. The normalized spacial score (nSPS) is 19.5. The second kappa shape index (κ2) is 11.9. The zero-order chi connectivity index (χ0) is 26.7. The highest BCUT2D eigenvalue weighted by Crippen LogP contribution is 2.45. The van der Waals surface area contributed by atoms with E-state index in [0.29, 0.717) is 22.2 Å². The van der Waals surface area contributed by atoms with Crippen LogP contribution in [0.4, 0.5) is 5.82 Å². The Morgan fingerprint density at radius 1 is 1.35 bits per heavy atom. The number of aliphatic carboxylic acids is 1. The molecule has 2 aliphatic rings. The van der Waals surface area contributed by atoms with Crippen LogP contribution >= 0.6 is 58.6 Å². The Hall–Kier alpha value is -2.57. The van der Waals surface area contributed by atoms with E-state index in [1.807, 2.05) is 0 Å². The molecular weight excluding hydrogens is 584 g/mol. The molecule has 2 amide bonds.